The summed E-state index contributed by atoms with van der Waals surface area (Å²) in [5, 5.41) is 0.347. The Morgan fingerprint density at radius 1 is 1.64 bits per heavy atom. The molecule has 1 aromatic rings. The van der Waals surface area contributed by atoms with E-state index in [0.717, 1.165) is 4.47 Å². The Morgan fingerprint density at radius 2 is 2.29 bits per heavy atom. The van der Waals surface area contributed by atoms with Gasteiger partial charge in [0.1, 0.15) is 4.47 Å². The van der Waals surface area contributed by atoms with Gasteiger partial charge in [0.25, 0.3) is 0 Å². The molecule has 0 radical (unpaired) electrons. The van der Waals surface area contributed by atoms with Crippen molar-refractivity contribution in [3.8, 4) is 0 Å². The first-order valence-electron chi connectivity index (χ1n) is 3.50. The number of rotatable bonds is 1. The lowest BCUT2D eigenvalue weighted by Gasteiger charge is -2.02. The van der Waals surface area contributed by atoms with E-state index in [4.69, 9.17) is 18.2 Å². The first kappa shape index (κ1) is 11.5. The van der Waals surface area contributed by atoms with Gasteiger partial charge in [-0.25, -0.2) is 4.21 Å². The summed E-state index contributed by atoms with van der Waals surface area (Å²) in [7, 11) is -2.69. The van der Waals surface area contributed by atoms with Crippen molar-refractivity contribution in [3.63, 3.8) is 0 Å². The molecule has 1 aromatic carbocycles. The summed E-state index contributed by atoms with van der Waals surface area (Å²) in [4.78, 5) is 3.16. The molecule has 0 saturated heterocycles. The highest BCUT2D eigenvalue weighted by Gasteiger charge is 2.13. The minimum Gasteiger partial charge on any atom is -0.238 e. The van der Waals surface area contributed by atoms with Crippen LogP contribution in [0.15, 0.2) is 32.0 Å². The van der Waals surface area contributed by atoms with E-state index in [9.17, 15) is 4.21 Å². The molecule has 1 unspecified atom stereocenters. The third-order valence-electron chi connectivity index (χ3n) is 1.50. The Balaban J connectivity index is 3.44. The molecule has 0 aromatic heterocycles. The van der Waals surface area contributed by atoms with E-state index in [-0.39, 0.29) is 0 Å². The van der Waals surface area contributed by atoms with Crippen LogP contribution in [0.2, 0.25) is 5.02 Å². The van der Waals surface area contributed by atoms with Crippen molar-refractivity contribution >= 4 is 37.3 Å². The zero-order valence-corrected chi connectivity index (χ0v) is 10.4. The number of benzene rings is 1. The van der Waals surface area contributed by atoms with Crippen molar-refractivity contribution < 1.29 is 4.21 Å². The molecule has 0 aliphatic rings. The van der Waals surface area contributed by atoms with Crippen LogP contribution in [-0.2, 0) is 9.73 Å². The lowest BCUT2D eigenvalue weighted by Crippen LogP contribution is -1.97. The minimum atomic E-state index is -2.69. The first-order valence-corrected chi connectivity index (χ1v) is 6.60. The molecule has 1 rings (SSSR count). The van der Waals surface area contributed by atoms with Gasteiger partial charge in [0, 0.05) is 10.7 Å². The second-order valence-electron chi connectivity index (χ2n) is 2.56. The molecule has 3 nitrogen and oxygen atoms in total. The van der Waals surface area contributed by atoms with E-state index in [1.54, 1.807) is 18.2 Å². The molecule has 0 aliphatic carbocycles. The second-order valence-corrected chi connectivity index (χ2v) is 6.09. The fourth-order valence-corrected chi connectivity index (χ4v) is 2.99. The summed E-state index contributed by atoms with van der Waals surface area (Å²) in [6.45, 7) is 6.55. The highest BCUT2D eigenvalue weighted by Crippen LogP contribution is 2.26. The largest absolute Gasteiger partial charge is 0.238 e. The number of nitrogens with zero attached hydrogens (tertiary/aromatic N) is 2. The predicted molar refractivity (Wildman–Crippen MR) is 60.5 cm³/mol. The molecule has 74 valence electrons. The monoisotopic (exact) mass is 292 g/mol. The standard InChI is InChI=1S/C8H6BrClN2OS/c1-11-12-14(2,13)8-4-3-6(9)5-7(8)10/h3-5H,2H3. The SMILES string of the molecule is [C-]#[N+]N=S(C)(=O)c1ccc(Br)cc1Cl. The van der Waals surface area contributed by atoms with Crippen LogP contribution in [-0.4, -0.2) is 10.5 Å². The van der Waals surface area contributed by atoms with E-state index < -0.39 is 9.73 Å². The lowest BCUT2D eigenvalue weighted by atomic mass is 10.4. The maximum absolute atomic E-state index is 11.8. The zero-order chi connectivity index (χ0) is 10.8. The molecule has 0 amide bonds. The van der Waals surface area contributed by atoms with Crippen molar-refractivity contribution in [2.24, 2.45) is 4.47 Å². The van der Waals surface area contributed by atoms with Gasteiger partial charge in [0.05, 0.1) is 9.92 Å². The Bertz CT molecular complexity index is 515. The second kappa shape index (κ2) is 4.30. The van der Waals surface area contributed by atoms with Crippen LogP contribution >= 0.6 is 27.5 Å². The fraction of sp³-hybridized carbons (Fsp3) is 0.125. The van der Waals surface area contributed by atoms with E-state index in [1.165, 1.54) is 6.26 Å². The van der Waals surface area contributed by atoms with Crippen molar-refractivity contribution in [1.82, 2.24) is 0 Å². The average molecular weight is 294 g/mol. The third-order valence-corrected chi connectivity index (χ3v) is 3.98. The van der Waals surface area contributed by atoms with Gasteiger partial charge in [-0.15, -0.1) is 4.95 Å². The van der Waals surface area contributed by atoms with Crippen LogP contribution in [0.25, 0.3) is 4.95 Å². The van der Waals surface area contributed by atoms with Crippen molar-refractivity contribution in [2.45, 2.75) is 4.90 Å². The normalized spacial score (nSPS) is 14.1. The molecular weight excluding hydrogens is 288 g/mol. The minimum absolute atomic E-state index is 0.347. The Labute approximate surface area is 96.2 Å². The van der Waals surface area contributed by atoms with Gasteiger partial charge < -0.3 is 0 Å². The summed E-state index contributed by atoms with van der Waals surface area (Å²) in [6, 6.07) is 4.94. The Hall–Kier alpha value is -0.570. The predicted octanol–water partition coefficient (Wildman–Crippen LogP) is 3.39. The quantitative estimate of drug-likeness (QED) is 0.577. The highest BCUT2D eigenvalue weighted by atomic mass is 79.9. The van der Waals surface area contributed by atoms with Crippen molar-refractivity contribution in [3.05, 3.63) is 39.2 Å². The molecule has 6 heteroatoms. The van der Waals surface area contributed by atoms with Gasteiger partial charge in [-0.1, -0.05) is 27.5 Å². The summed E-state index contributed by atoms with van der Waals surface area (Å²) in [5.74, 6) is 0. The summed E-state index contributed by atoms with van der Waals surface area (Å²) in [5.41, 5.74) is 0. The van der Waals surface area contributed by atoms with Crippen molar-refractivity contribution in [1.29, 1.82) is 0 Å². The molecule has 0 aliphatic heterocycles. The van der Waals surface area contributed by atoms with Crippen LogP contribution < -0.4 is 0 Å². The van der Waals surface area contributed by atoms with Crippen LogP contribution in [0, 0.1) is 6.57 Å². The smallest absolute Gasteiger partial charge is 0.151 e. The van der Waals surface area contributed by atoms with E-state index in [0.29, 0.717) is 9.92 Å². The van der Waals surface area contributed by atoms with Crippen LogP contribution in [0.5, 0.6) is 0 Å². The number of halogens is 2. The lowest BCUT2D eigenvalue weighted by molar-refractivity contribution is 0.680. The first-order chi connectivity index (χ1) is 6.47. The van der Waals surface area contributed by atoms with Gasteiger partial charge in [-0.2, -0.15) is 6.57 Å². The third kappa shape index (κ3) is 2.47. The van der Waals surface area contributed by atoms with Gasteiger partial charge >= 0.3 is 0 Å². The average Bonchev–Trinajstić information content (AvgIpc) is 2.02. The van der Waals surface area contributed by atoms with Crippen LogP contribution in [0.3, 0.4) is 0 Å². The Kier molecular flexibility index (Phi) is 3.53. The molecule has 0 N–H and O–H groups in total. The van der Waals surface area contributed by atoms with Crippen molar-refractivity contribution in [2.75, 3.05) is 6.26 Å². The van der Waals surface area contributed by atoms with Gasteiger partial charge in [0.2, 0.25) is 0 Å². The maximum atomic E-state index is 11.8. The molecule has 14 heavy (non-hydrogen) atoms. The summed E-state index contributed by atoms with van der Waals surface area (Å²) < 4.78 is 16.0. The fourth-order valence-electron chi connectivity index (χ4n) is 0.904. The molecule has 0 saturated carbocycles. The summed E-state index contributed by atoms with van der Waals surface area (Å²) >= 11 is 9.11. The van der Waals surface area contributed by atoms with E-state index in [2.05, 4.69) is 25.4 Å². The van der Waals surface area contributed by atoms with Crippen LogP contribution in [0.4, 0.5) is 0 Å². The van der Waals surface area contributed by atoms with Gasteiger partial charge in [0.15, 0.2) is 9.73 Å². The Morgan fingerprint density at radius 3 is 2.79 bits per heavy atom. The zero-order valence-electron chi connectivity index (χ0n) is 7.20. The van der Waals surface area contributed by atoms with Gasteiger partial charge in [-0.3, -0.25) is 0 Å². The van der Waals surface area contributed by atoms with E-state index in [1.807, 2.05) is 0 Å². The molecule has 0 spiro atoms. The highest BCUT2D eigenvalue weighted by molar-refractivity contribution is 9.10. The number of hydrogen-bond donors (Lipinski definition) is 0. The molecule has 0 heterocycles. The van der Waals surface area contributed by atoms with E-state index >= 15 is 0 Å². The number of hydrogen-bond acceptors (Lipinski definition) is 2. The van der Waals surface area contributed by atoms with Crippen LogP contribution in [0.1, 0.15) is 0 Å². The summed E-state index contributed by atoms with van der Waals surface area (Å²) in [6.07, 6.45) is 1.39. The molecule has 0 fully saturated rings. The topological polar surface area (TPSA) is 33.8 Å². The molecular formula is C8H6BrClN2OS. The molecule has 0 bridgehead atoms. The molecule has 1 atom stereocenters. The maximum Gasteiger partial charge on any atom is 0.151 e. The van der Waals surface area contributed by atoms with Gasteiger partial charge in [-0.05, 0) is 18.2 Å².